The number of rotatable bonds is 4. The molecule has 0 bridgehead atoms. The quantitative estimate of drug-likeness (QED) is 0.445. The van der Waals surface area contributed by atoms with Gasteiger partial charge in [-0.1, -0.05) is 55.1 Å². The van der Waals surface area contributed by atoms with Crippen molar-refractivity contribution in [3.05, 3.63) is 72.3 Å². The van der Waals surface area contributed by atoms with E-state index in [1.54, 1.807) is 0 Å². The molecule has 4 nitrogen and oxygen atoms in total. The Bertz CT molecular complexity index is 918. The number of carboxylic acid groups (broad SMARTS) is 1. The van der Waals surface area contributed by atoms with Crippen LogP contribution >= 0.6 is 0 Å². The van der Waals surface area contributed by atoms with Gasteiger partial charge < -0.3 is 9.84 Å². The molecule has 1 atom stereocenters. The normalized spacial score (nSPS) is 12.0. The number of carboxylic acids is 1. The van der Waals surface area contributed by atoms with Crippen molar-refractivity contribution in [2.75, 3.05) is 0 Å². The molecule has 1 unspecified atom stereocenters. The predicted octanol–water partition coefficient (Wildman–Crippen LogP) is 4.18. The Labute approximate surface area is 139 Å². The first-order valence-electron chi connectivity index (χ1n) is 7.52. The minimum atomic E-state index is -1.18. The number of esters is 1. The molecule has 3 aromatic carbocycles. The topological polar surface area (TPSA) is 63.6 Å². The smallest absolute Gasteiger partial charge is 0.340 e. The van der Waals surface area contributed by atoms with Crippen molar-refractivity contribution in [2.45, 2.75) is 13.0 Å². The lowest BCUT2D eigenvalue weighted by atomic mass is 9.97. The van der Waals surface area contributed by atoms with Crippen LogP contribution in [0.1, 0.15) is 17.3 Å². The summed E-state index contributed by atoms with van der Waals surface area (Å²) in [6.07, 6.45) is -0.910. The zero-order valence-electron chi connectivity index (χ0n) is 13.2. The van der Waals surface area contributed by atoms with Crippen molar-refractivity contribution in [1.82, 2.24) is 0 Å². The van der Waals surface area contributed by atoms with Crippen molar-refractivity contribution in [2.24, 2.45) is 0 Å². The van der Waals surface area contributed by atoms with Crippen LogP contribution in [0.5, 0.6) is 0 Å². The van der Waals surface area contributed by atoms with Gasteiger partial charge in [-0.05, 0) is 34.5 Å². The summed E-state index contributed by atoms with van der Waals surface area (Å²) < 4.78 is 5.36. The fraction of sp³-hybridized carbons (Fsp3) is 0.100. The molecule has 0 heterocycles. The lowest BCUT2D eigenvalue weighted by Gasteiger charge is -2.16. The Balaban J connectivity index is 2.14. The fourth-order valence-corrected chi connectivity index (χ4v) is 2.70. The van der Waals surface area contributed by atoms with Crippen LogP contribution in [0.15, 0.2) is 66.7 Å². The largest absolute Gasteiger partial charge is 0.478 e. The highest BCUT2D eigenvalue weighted by Crippen LogP contribution is 2.29. The van der Waals surface area contributed by atoms with Gasteiger partial charge >= 0.3 is 11.9 Å². The Morgan fingerprint density at radius 1 is 1.00 bits per heavy atom. The van der Waals surface area contributed by atoms with Crippen molar-refractivity contribution in [1.29, 1.82) is 0 Å². The van der Waals surface area contributed by atoms with Crippen molar-refractivity contribution in [3.8, 4) is 0 Å². The van der Waals surface area contributed by atoms with E-state index in [0.29, 0.717) is 5.56 Å². The van der Waals surface area contributed by atoms with Gasteiger partial charge in [0.05, 0.1) is 11.1 Å². The Morgan fingerprint density at radius 2 is 1.50 bits per heavy atom. The Hall–Kier alpha value is -3.14. The third kappa shape index (κ3) is 2.74. The molecule has 0 radical (unpaired) electrons. The average molecular weight is 320 g/mol. The maximum Gasteiger partial charge on any atom is 0.340 e. The minimum absolute atomic E-state index is 0.159. The van der Waals surface area contributed by atoms with Crippen LogP contribution in [0.2, 0.25) is 0 Å². The monoisotopic (exact) mass is 320 g/mol. The van der Waals surface area contributed by atoms with Crippen LogP contribution in [0.3, 0.4) is 0 Å². The van der Waals surface area contributed by atoms with E-state index >= 15 is 0 Å². The number of ether oxygens (including phenoxy) is 1. The summed E-state index contributed by atoms with van der Waals surface area (Å²) >= 11 is 0. The standard InChI is InChI=1S/C20H16O4/c1-12(19(21)22)13(2)24-20(23)18-16-9-5-3-7-14(16)11-15-8-4-6-10-17(15)18/h3-11,13H,1H2,2H3,(H,21,22). The van der Waals surface area contributed by atoms with E-state index in [2.05, 4.69) is 6.58 Å². The molecular weight excluding hydrogens is 304 g/mol. The van der Waals surface area contributed by atoms with Gasteiger partial charge in [0.2, 0.25) is 0 Å². The number of hydrogen-bond acceptors (Lipinski definition) is 3. The molecule has 0 spiro atoms. The molecule has 3 aromatic rings. The lowest BCUT2D eigenvalue weighted by molar-refractivity contribution is -0.133. The van der Waals surface area contributed by atoms with Crippen molar-refractivity contribution < 1.29 is 19.4 Å². The maximum atomic E-state index is 12.8. The Kier molecular flexibility index (Phi) is 4.04. The molecule has 0 aromatic heterocycles. The highest BCUT2D eigenvalue weighted by molar-refractivity contribution is 6.16. The van der Waals surface area contributed by atoms with Crippen LogP contribution in [0, 0.1) is 0 Å². The molecule has 0 amide bonds. The van der Waals surface area contributed by atoms with Gasteiger partial charge in [-0.15, -0.1) is 0 Å². The van der Waals surface area contributed by atoms with Crippen LogP contribution in [0.25, 0.3) is 21.5 Å². The second-order valence-corrected chi connectivity index (χ2v) is 5.57. The first-order valence-corrected chi connectivity index (χ1v) is 7.52. The molecule has 0 aliphatic carbocycles. The van der Waals surface area contributed by atoms with Crippen LogP contribution < -0.4 is 0 Å². The first kappa shape index (κ1) is 15.7. The van der Waals surface area contributed by atoms with Gasteiger partial charge in [0.25, 0.3) is 0 Å². The van der Waals surface area contributed by atoms with E-state index in [1.165, 1.54) is 6.92 Å². The van der Waals surface area contributed by atoms with E-state index < -0.39 is 18.0 Å². The molecule has 0 saturated carbocycles. The minimum Gasteiger partial charge on any atom is -0.478 e. The second kappa shape index (κ2) is 6.16. The third-order valence-electron chi connectivity index (χ3n) is 4.02. The van der Waals surface area contributed by atoms with E-state index in [4.69, 9.17) is 9.84 Å². The zero-order valence-corrected chi connectivity index (χ0v) is 13.2. The number of fused-ring (bicyclic) bond motifs is 2. The summed E-state index contributed by atoms with van der Waals surface area (Å²) in [7, 11) is 0. The van der Waals surface area contributed by atoms with Gasteiger partial charge in [-0.25, -0.2) is 9.59 Å². The fourth-order valence-electron chi connectivity index (χ4n) is 2.70. The van der Waals surface area contributed by atoms with Gasteiger partial charge in [0.15, 0.2) is 0 Å². The molecule has 0 fully saturated rings. The molecular formula is C20H16O4. The van der Waals surface area contributed by atoms with Crippen LogP contribution in [-0.4, -0.2) is 23.1 Å². The summed E-state index contributed by atoms with van der Waals surface area (Å²) in [4.78, 5) is 23.7. The number of carbonyl (C=O) groups excluding carboxylic acids is 1. The van der Waals surface area contributed by atoms with E-state index in [1.807, 2.05) is 54.6 Å². The highest BCUT2D eigenvalue weighted by atomic mass is 16.5. The third-order valence-corrected chi connectivity index (χ3v) is 4.02. The van der Waals surface area contributed by atoms with Gasteiger partial charge in [-0.2, -0.15) is 0 Å². The molecule has 24 heavy (non-hydrogen) atoms. The summed E-state index contributed by atoms with van der Waals surface area (Å²) in [5.41, 5.74) is 0.279. The first-order chi connectivity index (χ1) is 11.5. The summed E-state index contributed by atoms with van der Waals surface area (Å²) in [5.74, 6) is -1.74. The number of aliphatic carboxylic acids is 1. The van der Waals surface area contributed by atoms with Gasteiger partial charge in [-0.3, -0.25) is 0 Å². The van der Waals surface area contributed by atoms with E-state index in [9.17, 15) is 9.59 Å². The molecule has 0 aliphatic heterocycles. The molecule has 1 N–H and O–H groups in total. The van der Waals surface area contributed by atoms with E-state index in [0.717, 1.165) is 21.5 Å². The molecule has 0 aliphatic rings. The Morgan fingerprint density at radius 3 is 2.00 bits per heavy atom. The highest BCUT2D eigenvalue weighted by Gasteiger charge is 2.22. The van der Waals surface area contributed by atoms with Crippen LogP contribution in [-0.2, 0) is 9.53 Å². The van der Waals surface area contributed by atoms with Crippen LogP contribution in [0.4, 0.5) is 0 Å². The van der Waals surface area contributed by atoms with Crippen molar-refractivity contribution in [3.63, 3.8) is 0 Å². The number of hydrogen-bond donors (Lipinski definition) is 1. The lowest BCUT2D eigenvalue weighted by Crippen LogP contribution is -2.21. The maximum absolute atomic E-state index is 12.8. The van der Waals surface area contributed by atoms with E-state index in [-0.39, 0.29) is 5.57 Å². The van der Waals surface area contributed by atoms with Gasteiger partial charge in [0.1, 0.15) is 6.10 Å². The summed E-state index contributed by atoms with van der Waals surface area (Å²) in [5, 5.41) is 12.4. The molecule has 3 rings (SSSR count). The average Bonchev–Trinajstić information content (AvgIpc) is 2.58. The molecule has 0 saturated heterocycles. The van der Waals surface area contributed by atoms with Gasteiger partial charge in [0, 0.05) is 0 Å². The summed E-state index contributed by atoms with van der Waals surface area (Å²) in [6, 6.07) is 17.1. The SMILES string of the molecule is C=C(C(=O)O)C(C)OC(=O)c1c2ccccc2cc2ccccc12. The second-order valence-electron chi connectivity index (χ2n) is 5.57. The number of benzene rings is 3. The zero-order chi connectivity index (χ0) is 17.3. The molecule has 120 valence electrons. The van der Waals surface area contributed by atoms with Crippen molar-refractivity contribution >= 4 is 33.5 Å². The number of carbonyl (C=O) groups is 2. The summed E-state index contributed by atoms with van der Waals surface area (Å²) in [6.45, 7) is 4.95. The predicted molar refractivity (Wildman–Crippen MR) is 93.1 cm³/mol. The molecule has 4 heteroatoms.